The zero-order valence-electron chi connectivity index (χ0n) is 9.06. The van der Waals surface area contributed by atoms with Gasteiger partial charge in [-0.3, -0.25) is 4.79 Å². The predicted molar refractivity (Wildman–Crippen MR) is 62.4 cm³/mol. The Kier molecular flexibility index (Phi) is 3.90. The number of rotatable bonds is 3. The molecule has 16 heavy (non-hydrogen) atoms. The van der Waals surface area contributed by atoms with E-state index < -0.39 is 0 Å². The van der Waals surface area contributed by atoms with Crippen molar-refractivity contribution >= 4 is 17.2 Å². The van der Waals surface area contributed by atoms with Gasteiger partial charge in [-0.15, -0.1) is 11.3 Å². The summed E-state index contributed by atoms with van der Waals surface area (Å²) < 4.78 is 0. The molecule has 0 saturated heterocycles. The molecule has 0 aromatic carbocycles. The van der Waals surface area contributed by atoms with E-state index >= 15 is 0 Å². The third-order valence-electron chi connectivity index (χ3n) is 3.11. The summed E-state index contributed by atoms with van der Waals surface area (Å²) in [6.07, 6.45) is 3.92. The molecule has 0 bridgehead atoms. The van der Waals surface area contributed by atoms with Crippen molar-refractivity contribution in [3.05, 3.63) is 16.6 Å². The topological polar surface area (TPSA) is 62.2 Å². The summed E-state index contributed by atoms with van der Waals surface area (Å²) in [5.74, 6) is 0.348. The van der Waals surface area contributed by atoms with Gasteiger partial charge in [-0.05, 0) is 31.6 Å². The zero-order valence-corrected chi connectivity index (χ0v) is 9.87. The number of nitrogens with one attached hydrogen (secondary N) is 1. The maximum Gasteiger partial charge on any atom is 0.270 e. The Labute approximate surface area is 98.7 Å². The van der Waals surface area contributed by atoms with Crippen molar-refractivity contribution in [2.24, 2.45) is 5.92 Å². The molecule has 1 fully saturated rings. The first kappa shape index (κ1) is 11.5. The van der Waals surface area contributed by atoms with Crippen molar-refractivity contribution in [3.63, 3.8) is 0 Å². The SMILES string of the molecule is O=C(NC1CCC(CO)CC1)c1cscn1. The summed E-state index contributed by atoms with van der Waals surface area (Å²) in [6.45, 7) is 0.271. The van der Waals surface area contributed by atoms with Crippen LogP contribution in [0, 0.1) is 5.92 Å². The summed E-state index contributed by atoms with van der Waals surface area (Å²) >= 11 is 1.43. The van der Waals surface area contributed by atoms with E-state index in [9.17, 15) is 4.79 Å². The third kappa shape index (κ3) is 2.80. The molecule has 0 unspecified atom stereocenters. The molecule has 1 saturated carbocycles. The highest BCUT2D eigenvalue weighted by Crippen LogP contribution is 2.23. The Balaban J connectivity index is 1.81. The molecule has 2 N–H and O–H groups in total. The number of carbonyl (C=O) groups excluding carboxylic acids is 1. The van der Waals surface area contributed by atoms with Crippen molar-refractivity contribution in [2.75, 3.05) is 6.61 Å². The Bertz CT molecular complexity index is 332. The second kappa shape index (κ2) is 5.41. The fraction of sp³-hybridized carbons (Fsp3) is 0.636. The molecule has 4 nitrogen and oxygen atoms in total. The number of hydrogen-bond donors (Lipinski definition) is 2. The number of thiazole rings is 1. The molecule has 0 aliphatic heterocycles. The number of aliphatic hydroxyl groups excluding tert-OH is 1. The Morgan fingerprint density at radius 3 is 2.81 bits per heavy atom. The van der Waals surface area contributed by atoms with Crippen LogP contribution >= 0.6 is 11.3 Å². The number of carbonyl (C=O) groups is 1. The predicted octanol–water partition coefficient (Wildman–Crippen LogP) is 1.42. The van der Waals surface area contributed by atoms with E-state index in [0.717, 1.165) is 25.7 Å². The lowest BCUT2D eigenvalue weighted by Crippen LogP contribution is -2.38. The van der Waals surface area contributed by atoms with E-state index in [1.54, 1.807) is 10.9 Å². The van der Waals surface area contributed by atoms with Gasteiger partial charge in [0.25, 0.3) is 5.91 Å². The number of nitrogens with zero attached hydrogens (tertiary/aromatic N) is 1. The van der Waals surface area contributed by atoms with Gasteiger partial charge in [-0.1, -0.05) is 0 Å². The highest BCUT2D eigenvalue weighted by molar-refractivity contribution is 7.07. The van der Waals surface area contributed by atoms with Gasteiger partial charge in [-0.25, -0.2) is 4.98 Å². The fourth-order valence-corrected chi connectivity index (χ4v) is 2.61. The number of hydrogen-bond acceptors (Lipinski definition) is 4. The van der Waals surface area contributed by atoms with E-state index in [0.29, 0.717) is 11.6 Å². The Hall–Kier alpha value is -0.940. The van der Waals surface area contributed by atoms with Gasteiger partial charge in [0.1, 0.15) is 5.69 Å². The van der Waals surface area contributed by atoms with E-state index in [2.05, 4.69) is 10.3 Å². The van der Waals surface area contributed by atoms with Crippen molar-refractivity contribution < 1.29 is 9.90 Å². The Morgan fingerprint density at radius 2 is 2.25 bits per heavy atom. The van der Waals surface area contributed by atoms with Crippen LogP contribution in [0.5, 0.6) is 0 Å². The highest BCUT2D eigenvalue weighted by Gasteiger charge is 2.22. The standard InChI is InChI=1S/C11H16N2O2S/c14-5-8-1-3-9(4-2-8)13-11(15)10-6-16-7-12-10/h6-9,14H,1-5H2,(H,13,15). The van der Waals surface area contributed by atoms with Crippen molar-refractivity contribution in [1.82, 2.24) is 10.3 Å². The maximum absolute atomic E-state index is 11.7. The van der Waals surface area contributed by atoms with Gasteiger partial charge >= 0.3 is 0 Å². The van der Waals surface area contributed by atoms with Crippen LogP contribution < -0.4 is 5.32 Å². The zero-order chi connectivity index (χ0) is 11.4. The van der Waals surface area contributed by atoms with Crippen LogP contribution in [0.15, 0.2) is 10.9 Å². The summed E-state index contributed by atoms with van der Waals surface area (Å²) in [4.78, 5) is 15.7. The minimum absolute atomic E-state index is 0.0753. The molecule has 0 atom stereocenters. The van der Waals surface area contributed by atoms with E-state index in [-0.39, 0.29) is 18.6 Å². The molecule has 5 heteroatoms. The van der Waals surface area contributed by atoms with E-state index in [4.69, 9.17) is 5.11 Å². The van der Waals surface area contributed by atoms with Gasteiger partial charge in [0.15, 0.2) is 0 Å². The highest BCUT2D eigenvalue weighted by atomic mass is 32.1. The molecular formula is C11H16N2O2S. The number of amides is 1. The van der Waals surface area contributed by atoms with Crippen molar-refractivity contribution in [3.8, 4) is 0 Å². The summed E-state index contributed by atoms with van der Waals surface area (Å²) in [7, 11) is 0. The maximum atomic E-state index is 11.7. The minimum atomic E-state index is -0.0753. The van der Waals surface area contributed by atoms with Crippen LogP contribution in [0.25, 0.3) is 0 Å². The number of aromatic nitrogens is 1. The third-order valence-corrected chi connectivity index (χ3v) is 3.69. The van der Waals surface area contributed by atoms with Crippen LogP contribution in [0.1, 0.15) is 36.2 Å². The van der Waals surface area contributed by atoms with Gasteiger partial charge in [0, 0.05) is 18.0 Å². The van der Waals surface area contributed by atoms with Crippen LogP contribution in [-0.4, -0.2) is 28.6 Å². The molecule has 1 aliphatic rings. The molecule has 2 rings (SSSR count). The molecule has 1 aliphatic carbocycles. The van der Waals surface area contributed by atoms with Crippen molar-refractivity contribution in [1.29, 1.82) is 0 Å². The first-order valence-corrected chi connectivity index (χ1v) is 6.53. The average Bonchev–Trinajstić information content (AvgIpc) is 2.83. The summed E-state index contributed by atoms with van der Waals surface area (Å²) in [6, 6.07) is 0.247. The first-order valence-electron chi connectivity index (χ1n) is 5.59. The lowest BCUT2D eigenvalue weighted by molar-refractivity contribution is 0.0909. The van der Waals surface area contributed by atoms with Gasteiger partial charge < -0.3 is 10.4 Å². The van der Waals surface area contributed by atoms with Gasteiger partial charge in [-0.2, -0.15) is 0 Å². The monoisotopic (exact) mass is 240 g/mol. The van der Waals surface area contributed by atoms with Gasteiger partial charge in [0.2, 0.25) is 0 Å². The molecule has 1 amide bonds. The number of aliphatic hydroxyl groups is 1. The van der Waals surface area contributed by atoms with Crippen LogP contribution in [0.4, 0.5) is 0 Å². The van der Waals surface area contributed by atoms with Crippen LogP contribution in [0.2, 0.25) is 0 Å². The second-order valence-corrected chi connectivity index (χ2v) is 4.97. The molecule has 0 spiro atoms. The first-order chi connectivity index (χ1) is 7.79. The van der Waals surface area contributed by atoms with Gasteiger partial charge in [0.05, 0.1) is 5.51 Å². The van der Waals surface area contributed by atoms with Crippen LogP contribution in [0.3, 0.4) is 0 Å². The largest absolute Gasteiger partial charge is 0.396 e. The summed E-state index contributed by atoms with van der Waals surface area (Å²) in [5, 5.41) is 13.8. The normalized spacial score (nSPS) is 25.3. The molecule has 1 heterocycles. The van der Waals surface area contributed by atoms with E-state index in [1.165, 1.54) is 11.3 Å². The fourth-order valence-electron chi connectivity index (χ4n) is 2.07. The summed E-state index contributed by atoms with van der Waals surface area (Å²) in [5.41, 5.74) is 2.17. The molecule has 0 radical (unpaired) electrons. The minimum Gasteiger partial charge on any atom is -0.396 e. The van der Waals surface area contributed by atoms with E-state index in [1.807, 2.05) is 0 Å². The quantitative estimate of drug-likeness (QED) is 0.840. The second-order valence-electron chi connectivity index (χ2n) is 4.25. The Morgan fingerprint density at radius 1 is 1.50 bits per heavy atom. The smallest absolute Gasteiger partial charge is 0.270 e. The lowest BCUT2D eigenvalue weighted by Gasteiger charge is -2.27. The van der Waals surface area contributed by atoms with Crippen LogP contribution in [-0.2, 0) is 0 Å². The van der Waals surface area contributed by atoms with Crippen molar-refractivity contribution in [2.45, 2.75) is 31.7 Å². The average molecular weight is 240 g/mol. The molecule has 88 valence electrons. The molecule has 1 aromatic rings. The molecule has 1 aromatic heterocycles. The lowest BCUT2D eigenvalue weighted by atomic mass is 9.86. The molecular weight excluding hydrogens is 224 g/mol.